The van der Waals surface area contributed by atoms with Crippen molar-refractivity contribution in [1.82, 2.24) is 15.0 Å². The predicted molar refractivity (Wildman–Crippen MR) is 114 cm³/mol. The van der Waals surface area contributed by atoms with Gasteiger partial charge in [0, 0.05) is 43.3 Å². The quantitative estimate of drug-likeness (QED) is 0.511. The number of aromatic nitrogens is 3. The average molecular weight is 402 g/mol. The molecular formula is C22H19FN6O. The molecule has 8 heteroatoms. The molecule has 7 nitrogen and oxygen atoms in total. The number of carbonyl (C=O) groups excluding carboxylic acids is 1. The summed E-state index contributed by atoms with van der Waals surface area (Å²) in [7, 11) is 1.72. The zero-order chi connectivity index (χ0) is 21.1. The van der Waals surface area contributed by atoms with Crippen LogP contribution in [-0.2, 0) is 6.54 Å². The fourth-order valence-corrected chi connectivity index (χ4v) is 3.16. The molecule has 4 aromatic rings. The van der Waals surface area contributed by atoms with Crippen molar-refractivity contribution in [3.05, 3.63) is 84.1 Å². The number of primary amides is 1. The second-order valence-electron chi connectivity index (χ2n) is 6.80. The molecule has 0 spiro atoms. The molecule has 0 aliphatic heterocycles. The Morgan fingerprint density at radius 3 is 2.70 bits per heavy atom. The maximum absolute atomic E-state index is 14.7. The predicted octanol–water partition coefficient (Wildman–Crippen LogP) is 3.64. The number of rotatable bonds is 6. The highest BCUT2D eigenvalue weighted by Crippen LogP contribution is 2.27. The molecule has 150 valence electrons. The SMILES string of the molecule is CN(Cc1ccncc1)c1nc(Nc2ccc3ncccc3c2)c(C(N)=O)cc1F. The van der Waals surface area contributed by atoms with Crippen molar-refractivity contribution >= 4 is 34.1 Å². The molecule has 3 N–H and O–H groups in total. The van der Waals surface area contributed by atoms with Crippen LogP contribution in [-0.4, -0.2) is 27.9 Å². The van der Waals surface area contributed by atoms with Gasteiger partial charge in [-0.05, 0) is 48.0 Å². The van der Waals surface area contributed by atoms with E-state index in [9.17, 15) is 9.18 Å². The summed E-state index contributed by atoms with van der Waals surface area (Å²) in [6.45, 7) is 0.420. The summed E-state index contributed by atoms with van der Waals surface area (Å²) < 4.78 is 14.7. The Kier molecular flexibility index (Phi) is 5.21. The third kappa shape index (κ3) is 4.02. The third-order valence-electron chi connectivity index (χ3n) is 4.62. The molecule has 0 fully saturated rings. The molecule has 3 aromatic heterocycles. The minimum absolute atomic E-state index is 0.0279. The first-order chi connectivity index (χ1) is 14.5. The fraction of sp³-hybridized carbons (Fsp3) is 0.0909. The molecule has 4 rings (SSSR count). The van der Waals surface area contributed by atoms with Gasteiger partial charge in [-0.2, -0.15) is 0 Å². The van der Waals surface area contributed by atoms with Gasteiger partial charge in [0.25, 0.3) is 5.91 Å². The number of hydrogen-bond acceptors (Lipinski definition) is 6. The minimum atomic E-state index is -0.769. The number of carbonyl (C=O) groups is 1. The molecule has 0 saturated heterocycles. The summed E-state index contributed by atoms with van der Waals surface area (Å²) >= 11 is 0. The van der Waals surface area contributed by atoms with Gasteiger partial charge in [-0.1, -0.05) is 6.07 Å². The van der Waals surface area contributed by atoms with E-state index in [1.165, 1.54) is 0 Å². The van der Waals surface area contributed by atoms with Gasteiger partial charge >= 0.3 is 0 Å². The Balaban J connectivity index is 1.69. The largest absolute Gasteiger partial charge is 0.365 e. The number of nitrogens with one attached hydrogen (secondary N) is 1. The van der Waals surface area contributed by atoms with E-state index in [-0.39, 0.29) is 17.2 Å². The highest BCUT2D eigenvalue weighted by Gasteiger charge is 2.19. The number of nitrogens with zero attached hydrogens (tertiary/aromatic N) is 4. The summed E-state index contributed by atoms with van der Waals surface area (Å²) in [6.07, 6.45) is 5.06. The lowest BCUT2D eigenvalue weighted by molar-refractivity contribution is 0.100. The Morgan fingerprint density at radius 2 is 1.93 bits per heavy atom. The van der Waals surface area contributed by atoms with E-state index in [4.69, 9.17) is 5.73 Å². The Labute approximate surface area is 172 Å². The van der Waals surface area contributed by atoms with Crippen molar-refractivity contribution < 1.29 is 9.18 Å². The standard InChI is InChI=1S/C22H19FN6O/c1-29(13-14-6-9-25-10-7-14)22-18(23)12-17(20(24)30)21(28-22)27-16-4-5-19-15(11-16)3-2-8-26-19/h2-12H,13H2,1H3,(H2,24,30)(H,27,28). The molecule has 0 unspecified atom stereocenters. The molecule has 1 amide bonds. The Bertz CT molecular complexity index is 1210. The summed E-state index contributed by atoms with van der Waals surface area (Å²) in [6, 6.07) is 14.1. The first-order valence-corrected chi connectivity index (χ1v) is 9.23. The first kappa shape index (κ1) is 19.3. The van der Waals surface area contributed by atoms with Crippen LogP contribution < -0.4 is 16.0 Å². The second-order valence-corrected chi connectivity index (χ2v) is 6.80. The lowest BCUT2D eigenvalue weighted by atomic mass is 10.2. The van der Waals surface area contributed by atoms with Gasteiger partial charge in [-0.3, -0.25) is 14.8 Å². The second kappa shape index (κ2) is 8.12. The summed E-state index contributed by atoms with van der Waals surface area (Å²) in [5.74, 6) is -1.12. The van der Waals surface area contributed by atoms with Crippen LogP contribution in [0.1, 0.15) is 15.9 Å². The topological polar surface area (TPSA) is 97.0 Å². The van der Waals surface area contributed by atoms with Crippen molar-refractivity contribution in [3.8, 4) is 0 Å². The number of nitrogens with two attached hydrogens (primary N) is 1. The van der Waals surface area contributed by atoms with Gasteiger partial charge in [-0.25, -0.2) is 9.37 Å². The fourth-order valence-electron chi connectivity index (χ4n) is 3.16. The Morgan fingerprint density at radius 1 is 1.13 bits per heavy atom. The molecule has 1 aromatic carbocycles. The van der Waals surface area contributed by atoms with Gasteiger partial charge in [0.05, 0.1) is 11.1 Å². The lowest BCUT2D eigenvalue weighted by Gasteiger charge is -2.21. The van der Waals surface area contributed by atoms with Gasteiger partial charge in [0.2, 0.25) is 0 Å². The molecule has 0 saturated carbocycles. The maximum Gasteiger partial charge on any atom is 0.252 e. The van der Waals surface area contributed by atoms with Crippen molar-refractivity contribution in [2.45, 2.75) is 6.54 Å². The number of fused-ring (bicyclic) bond motifs is 1. The maximum atomic E-state index is 14.7. The highest BCUT2D eigenvalue weighted by molar-refractivity contribution is 5.99. The number of benzene rings is 1. The number of halogens is 1. The zero-order valence-corrected chi connectivity index (χ0v) is 16.2. The van der Waals surface area contributed by atoms with E-state index >= 15 is 0 Å². The average Bonchev–Trinajstić information content (AvgIpc) is 2.75. The van der Waals surface area contributed by atoms with E-state index in [1.807, 2.05) is 42.5 Å². The monoisotopic (exact) mass is 402 g/mol. The van der Waals surface area contributed by atoms with E-state index in [1.54, 1.807) is 30.5 Å². The normalized spacial score (nSPS) is 10.7. The first-order valence-electron chi connectivity index (χ1n) is 9.23. The van der Waals surface area contributed by atoms with Crippen molar-refractivity contribution in [3.63, 3.8) is 0 Å². The van der Waals surface area contributed by atoms with Gasteiger partial charge in [-0.15, -0.1) is 0 Å². The third-order valence-corrected chi connectivity index (χ3v) is 4.62. The van der Waals surface area contributed by atoms with E-state index in [2.05, 4.69) is 20.3 Å². The van der Waals surface area contributed by atoms with Crippen LogP contribution in [0.5, 0.6) is 0 Å². The number of amides is 1. The molecule has 0 aliphatic rings. The molecular weight excluding hydrogens is 383 g/mol. The van der Waals surface area contributed by atoms with Crippen LogP contribution in [0.2, 0.25) is 0 Å². The zero-order valence-electron chi connectivity index (χ0n) is 16.2. The molecule has 0 radical (unpaired) electrons. The van der Waals surface area contributed by atoms with Crippen molar-refractivity contribution in [1.29, 1.82) is 0 Å². The van der Waals surface area contributed by atoms with Crippen LogP contribution >= 0.6 is 0 Å². The van der Waals surface area contributed by atoms with E-state index in [0.29, 0.717) is 12.2 Å². The molecule has 0 aliphatic carbocycles. The van der Waals surface area contributed by atoms with E-state index < -0.39 is 11.7 Å². The number of anilines is 3. The van der Waals surface area contributed by atoms with Crippen molar-refractivity contribution in [2.75, 3.05) is 17.3 Å². The van der Waals surface area contributed by atoms with Gasteiger partial charge in [0.1, 0.15) is 5.82 Å². The Hall–Kier alpha value is -4.07. The number of hydrogen-bond donors (Lipinski definition) is 2. The molecule has 0 bridgehead atoms. The summed E-state index contributed by atoms with van der Waals surface area (Å²) in [4.78, 5) is 26.2. The molecule has 3 heterocycles. The molecule has 30 heavy (non-hydrogen) atoms. The van der Waals surface area contributed by atoms with Gasteiger partial charge < -0.3 is 16.0 Å². The van der Waals surface area contributed by atoms with Crippen LogP contribution in [0.25, 0.3) is 10.9 Å². The smallest absolute Gasteiger partial charge is 0.252 e. The summed E-state index contributed by atoms with van der Waals surface area (Å²) in [5.41, 5.74) is 7.90. The summed E-state index contributed by atoms with van der Waals surface area (Å²) in [5, 5.41) is 4.01. The van der Waals surface area contributed by atoms with E-state index in [0.717, 1.165) is 22.5 Å². The van der Waals surface area contributed by atoms with Crippen LogP contribution in [0.4, 0.5) is 21.7 Å². The minimum Gasteiger partial charge on any atom is -0.365 e. The van der Waals surface area contributed by atoms with Crippen LogP contribution in [0.3, 0.4) is 0 Å². The molecule has 0 atom stereocenters. The lowest BCUT2D eigenvalue weighted by Crippen LogP contribution is -2.22. The van der Waals surface area contributed by atoms with Crippen LogP contribution in [0, 0.1) is 5.82 Å². The van der Waals surface area contributed by atoms with Crippen LogP contribution in [0.15, 0.2) is 67.1 Å². The highest BCUT2D eigenvalue weighted by atomic mass is 19.1. The van der Waals surface area contributed by atoms with Gasteiger partial charge in [0.15, 0.2) is 11.6 Å². The number of pyridine rings is 3. The van der Waals surface area contributed by atoms with Crippen molar-refractivity contribution in [2.24, 2.45) is 5.73 Å².